The fourth-order valence-corrected chi connectivity index (χ4v) is 9.49. The van der Waals surface area contributed by atoms with Gasteiger partial charge in [-0.15, -0.1) is 0 Å². The van der Waals surface area contributed by atoms with Crippen LogP contribution in [0.1, 0.15) is 85.5 Å². The molecule has 7 aliphatic rings. The number of epoxide rings is 2. The first-order valence-electron chi connectivity index (χ1n) is 16.5. The number of ketones is 1. The molecule has 0 spiro atoms. The lowest BCUT2D eigenvalue weighted by atomic mass is 9.54. The summed E-state index contributed by atoms with van der Waals surface area (Å²) in [4.78, 5) is 13.6. The van der Waals surface area contributed by atoms with Gasteiger partial charge in [0, 0.05) is 17.9 Å². The number of hydrogen-bond acceptors (Lipinski definition) is 9. The van der Waals surface area contributed by atoms with E-state index in [-0.39, 0.29) is 18.1 Å². The number of carbonyl (C=O) groups excluding carboxylic acids is 1. The maximum Gasteiger partial charge on any atom is 0.306 e. The predicted octanol–water partition coefficient (Wildman–Crippen LogP) is 3.64. The second-order valence-electron chi connectivity index (χ2n) is 14.4. The topological polar surface area (TPSA) is 131 Å². The van der Waals surface area contributed by atoms with Crippen LogP contribution in [0.5, 0.6) is 0 Å². The van der Waals surface area contributed by atoms with Gasteiger partial charge in [0.1, 0.15) is 35.6 Å². The van der Waals surface area contributed by atoms with Gasteiger partial charge in [0.15, 0.2) is 11.4 Å². The first-order chi connectivity index (χ1) is 20.5. The molecule has 4 aliphatic heterocycles. The number of rotatable bonds is 12. The molecule has 9 nitrogen and oxygen atoms in total. The Bertz CT molecular complexity index is 1250. The monoisotopic (exact) mass is 600 g/mol. The van der Waals surface area contributed by atoms with Crippen molar-refractivity contribution in [1.82, 2.24) is 0 Å². The highest BCUT2D eigenvalue weighted by Crippen LogP contribution is 2.72. The Hall–Kier alpha value is -1.43. The van der Waals surface area contributed by atoms with Gasteiger partial charge in [0.05, 0.1) is 18.3 Å². The number of carbonyl (C=O) groups is 1. The molecule has 3 N–H and O–H groups in total. The average molecular weight is 601 g/mol. The Morgan fingerprint density at radius 2 is 1.84 bits per heavy atom. The maximum atomic E-state index is 13.6. The first kappa shape index (κ1) is 30.2. The Balaban J connectivity index is 1.19. The predicted molar refractivity (Wildman–Crippen MR) is 156 cm³/mol. The SMILES string of the molecule is C=C(C)[C@]12C[C@@H](C)[C@@]34O[C@](/C=C/[C@@H]5O[C@H]5CCCCCCCCC)(O[C@@H]1[C@@H]3[C@@H]1O[C@]1(CO)[C@@H](O)[C@]1(O)C(=O)C(C)=C[C@H]14)O2. The molecule has 6 fully saturated rings. The molecule has 7 rings (SSSR count). The molecule has 0 radical (unpaired) electrons. The van der Waals surface area contributed by atoms with Crippen molar-refractivity contribution >= 4 is 5.78 Å². The average Bonchev–Trinajstić information content (AvgIpc) is 3.87. The second kappa shape index (κ2) is 10.0. The standard InChI is InChI=1S/C34H48O9/c1-6-7-8-9-10-11-12-13-22-23(39-22)14-15-32-41-27-25-28-31(18-35,40-28)29(37)33(38)24(16-20(4)26(33)36)34(25,43-32)21(5)17-30(27,42-32)19(2)3/h14-16,21-25,27-29,35,37-38H,2,6-13,17-18H2,1,3-5H3/b15-14+/t21-,22+,23+,24-,25-,27-,28+,29-,30-,31+,32-,33-,34+/m1/s1. The van der Waals surface area contributed by atoms with E-state index in [0.29, 0.717) is 12.0 Å². The summed E-state index contributed by atoms with van der Waals surface area (Å²) in [6, 6.07) is 0. The lowest BCUT2D eigenvalue weighted by Crippen LogP contribution is -2.72. The molecule has 0 aromatic heterocycles. The van der Waals surface area contributed by atoms with Crippen molar-refractivity contribution in [3.05, 3.63) is 36.0 Å². The zero-order chi connectivity index (χ0) is 30.6. The Labute approximate surface area is 254 Å². The molecule has 3 bridgehead atoms. The third-order valence-corrected chi connectivity index (χ3v) is 11.9. The summed E-state index contributed by atoms with van der Waals surface area (Å²) in [5.41, 5.74) is -4.71. The summed E-state index contributed by atoms with van der Waals surface area (Å²) < 4.78 is 32.6. The van der Waals surface area contributed by atoms with Crippen LogP contribution in [0.4, 0.5) is 0 Å². The molecule has 0 aromatic carbocycles. The Kier molecular flexibility index (Phi) is 7.05. The number of aliphatic hydroxyl groups excluding tert-OH is 2. The van der Waals surface area contributed by atoms with Crippen LogP contribution in [0.3, 0.4) is 0 Å². The van der Waals surface area contributed by atoms with E-state index in [1.54, 1.807) is 19.1 Å². The van der Waals surface area contributed by atoms with E-state index in [0.717, 1.165) is 18.4 Å². The lowest BCUT2D eigenvalue weighted by Gasteiger charge is -2.59. The van der Waals surface area contributed by atoms with E-state index < -0.39 is 70.9 Å². The van der Waals surface area contributed by atoms with E-state index >= 15 is 0 Å². The van der Waals surface area contributed by atoms with Gasteiger partial charge in [-0.1, -0.05) is 71.4 Å². The van der Waals surface area contributed by atoms with Crippen LogP contribution in [-0.4, -0.2) is 86.6 Å². The number of unbranched alkanes of at least 4 members (excludes halogenated alkanes) is 6. The molecular formula is C34H48O9. The smallest absolute Gasteiger partial charge is 0.306 e. The lowest BCUT2D eigenvalue weighted by molar-refractivity contribution is -0.406. The van der Waals surface area contributed by atoms with Gasteiger partial charge in [-0.2, -0.15) is 0 Å². The van der Waals surface area contributed by atoms with Crippen molar-refractivity contribution in [3.63, 3.8) is 0 Å². The van der Waals surface area contributed by atoms with E-state index in [4.69, 9.17) is 23.7 Å². The van der Waals surface area contributed by atoms with Crippen molar-refractivity contribution in [2.24, 2.45) is 17.8 Å². The third-order valence-electron chi connectivity index (χ3n) is 11.9. The van der Waals surface area contributed by atoms with E-state index in [9.17, 15) is 20.1 Å². The summed E-state index contributed by atoms with van der Waals surface area (Å²) in [6.45, 7) is 11.6. The minimum Gasteiger partial charge on any atom is -0.393 e. The van der Waals surface area contributed by atoms with Crippen LogP contribution in [0.15, 0.2) is 36.0 Å². The van der Waals surface area contributed by atoms with E-state index in [2.05, 4.69) is 13.5 Å². The molecule has 4 saturated heterocycles. The number of Topliss-reactive ketones (excluding diaryl/α,β-unsaturated/α-hetero) is 1. The Morgan fingerprint density at radius 3 is 2.53 bits per heavy atom. The minimum atomic E-state index is -2.23. The summed E-state index contributed by atoms with van der Waals surface area (Å²) in [5, 5.41) is 34.3. The molecular weight excluding hydrogens is 552 g/mol. The van der Waals surface area contributed by atoms with Gasteiger partial charge < -0.3 is 39.0 Å². The summed E-state index contributed by atoms with van der Waals surface area (Å²) in [6.07, 6.45) is 12.9. The van der Waals surface area contributed by atoms with Gasteiger partial charge in [0.2, 0.25) is 0 Å². The molecule has 4 heterocycles. The molecule has 9 heteroatoms. The van der Waals surface area contributed by atoms with Crippen molar-refractivity contribution in [2.75, 3.05) is 6.61 Å². The van der Waals surface area contributed by atoms with Gasteiger partial charge in [-0.05, 0) is 49.8 Å². The zero-order valence-electron chi connectivity index (χ0n) is 25.9. The highest BCUT2D eigenvalue weighted by molar-refractivity contribution is 6.05. The molecule has 0 unspecified atom stereocenters. The van der Waals surface area contributed by atoms with Crippen molar-refractivity contribution in [3.8, 4) is 0 Å². The van der Waals surface area contributed by atoms with E-state index in [1.165, 1.54) is 38.5 Å². The molecule has 13 atom stereocenters. The highest BCUT2D eigenvalue weighted by atomic mass is 16.9. The van der Waals surface area contributed by atoms with Crippen LogP contribution in [0.2, 0.25) is 0 Å². The minimum absolute atomic E-state index is 0.0627. The van der Waals surface area contributed by atoms with Crippen LogP contribution in [0, 0.1) is 17.8 Å². The fraction of sp³-hybridized carbons (Fsp3) is 0.794. The van der Waals surface area contributed by atoms with Crippen LogP contribution < -0.4 is 0 Å². The summed E-state index contributed by atoms with van der Waals surface area (Å²) >= 11 is 0. The summed E-state index contributed by atoms with van der Waals surface area (Å²) in [5.74, 6) is -3.85. The molecule has 43 heavy (non-hydrogen) atoms. The van der Waals surface area contributed by atoms with Crippen LogP contribution in [-0.2, 0) is 28.5 Å². The van der Waals surface area contributed by atoms with Gasteiger partial charge in [-0.25, -0.2) is 0 Å². The van der Waals surface area contributed by atoms with Crippen molar-refractivity contribution in [1.29, 1.82) is 0 Å². The quantitative estimate of drug-likeness (QED) is 0.175. The number of ether oxygens (including phenoxy) is 5. The van der Waals surface area contributed by atoms with E-state index in [1.807, 2.05) is 19.9 Å². The normalized spacial score (nSPS) is 52.1. The van der Waals surface area contributed by atoms with Crippen molar-refractivity contribution < 1.29 is 43.8 Å². The number of fused-ring (bicyclic) bond motifs is 3. The van der Waals surface area contributed by atoms with Gasteiger partial charge in [0.25, 0.3) is 0 Å². The van der Waals surface area contributed by atoms with Crippen LogP contribution in [0.25, 0.3) is 0 Å². The first-order valence-corrected chi connectivity index (χ1v) is 16.5. The van der Waals surface area contributed by atoms with Gasteiger partial charge >= 0.3 is 5.97 Å². The fourth-order valence-electron chi connectivity index (χ4n) is 9.49. The largest absolute Gasteiger partial charge is 0.393 e. The second-order valence-corrected chi connectivity index (χ2v) is 14.4. The van der Waals surface area contributed by atoms with Gasteiger partial charge in [-0.3, -0.25) is 4.79 Å². The zero-order valence-corrected chi connectivity index (χ0v) is 25.9. The number of aliphatic hydroxyl groups is 3. The summed E-state index contributed by atoms with van der Waals surface area (Å²) in [7, 11) is 0. The molecule has 0 aromatic rings. The number of hydrogen-bond donors (Lipinski definition) is 3. The Morgan fingerprint density at radius 1 is 1.12 bits per heavy atom. The maximum absolute atomic E-state index is 13.6. The highest BCUT2D eigenvalue weighted by Gasteiger charge is 2.88. The molecule has 2 saturated carbocycles. The van der Waals surface area contributed by atoms with Crippen molar-refractivity contribution in [2.45, 2.75) is 144 Å². The molecule has 3 aliphatic carbocycles. The molecule has 0 amide bonds. The van der Waals surface area contributed by atoms with Crippen LogP contribution >= 0.6 is 0 Å². The molecule has 238 valence electrons. The third kappa shape index (κ3) is 3.95.